The zero-order valence-electron chi connectivity index (χ0n) is 22.9. The zero-order chi connectivity index (χ0) is 31.7. The van der Waals surface area contributed by atoms with E-state index in [2.05, 4.69) is 10.1 Å². The Labute approximate surface area is 267 Å². The van der Waals surface area contributed by atoms with Crippen LogP contribution in [0, 0.1) is 0 Å². The monoisotopic (exact) mass is 669 g/mol. The number of hydrogen-bond donors (Lipinski definition) is 3. The van der Waals surface area contributed by atoms with Crippen LogP contribution in [-0.4, -0.2) is 55.6 Å². The first-order valence-corrected chi connectivity index (χ1v) is 15.5. The van der Waals surface area contributed by atoms with Crippen LogP contribution in [0.4, 0.5) is 5.13 Å². The van der Waals surface area contributed by atoms with E-state index < -0.39 is 29.7 Å². The van der Waals surface area contributed by atoms with Gasteiger partial charge in [0, 0.05) is 39.2 Å². The number of nitrogens with one attached hydrogen (secondary N) is 1. The highest BCUT2D eigenvalue weighted by Crippen LogP contribution is 2.40. The van der Waals surface area contributed by atoms with Crippen molar-refractivity contribution < 1.29 is 42.9 Å². The van der Waals surface area contributed by atoms with E-state index in [-0.39, 0.29) is 46.5 Å². The Hall–Kier alpha value is -4.93. The fraction of sp³-hybridized carbons (Fsp3) is 0.179. The first-order valence-electron chi connectivity index (χ1n) is 13.2. The highest BCUT2D eigenvalue weighted by molar-refractivity contribution is 8.00. The molecule has 1 aromatic carbocycles. The summed E-state index contributed by atoms with van der Waals surface area (Å²) in [5, 5.41) is 16.0. The van der Waals surface area contributed by atoms with Gasteiger partial charge in [-0.05, 0) is 30.3 Å². The first kappa shape index (κ1) is 30.1. The van der Waals surface area contributed by atoms with Crippen molar-refractivity contribution in [3.63, 3.8) is 0 Å². The fourth-order valence-corrected chi connectivity index (χ4v) is 6.72. The second kappa shape index (κ2) is 12.6. The van der Waals surface area contributed by atoms with Crippen LogP contribution in [0.3, 0.4) is 0 Å². The molecule has 2 atom stereocenters. The molecule has 45 heavy (non-hydrogen) atoms. The number of nitrogen functional groups attached to an aromatic ring is 1. The number of hydroxylamine groups is 1. The smallest absolute Gasteiger partial charge is 0.379 e. The number of amides is 2. The van der Waals surface area contributed by atoms with Crippen LogP contribution in [0.15, 0.2) is 81.1 Å². The molecular weight excluding hydrogens is 648 g/mol. The molecule has 2 aliphatic heterocycles. The van der Waals surface area contributed by atoms with Gasteiger partial charge in [0.1, 0.15) is 11.4 Å². The number of anilines is 1. The molecule has 4 N–H and O–H groups in total. The van der Waals surface area contributed by atoms with Gasteiger partial charge in [-0.15, -0.1) is 23.1 Å². The van der Waals surface area contributed by atoms with E-state index >= 15 is 0 Å². The predicted molar refractivity (Wildman–Crippen MR) is 161 cm³/mol. The van der Waals surface area contributed by atoms with Gasteiger partial charge < -0.3 is 24.9 Å². The molecule has 0 spiro atoms. The molecule has 1 unspecified atom stereocenters. The van der Waals surface area contributed by atoms with Crippen LogP contribution >= 0.6 is 34.7 Å². The van der Waals surface area contributed by atoms with Gasteiger partial charge in [0.05, 0.1) is 18.1 Å². The number of halogens is 1. The molecule has 2 aliphatic rings. The average Bonchev–Trinajstić information content (AvgIpc) is 3.70. The Kier molecular flexibility index (Phi) is 8.42. The van der Waals surface area contributed by atoms with E-state index in [9.17, 15) is 24.3 Å². The van der Waals surface area contributed by atoms with Crippen LogP contribution in [0.1, 0.15) is 24.0 Å². The van der Waals surface area contributed by atoms with Gasteiger partial charge in [0.25, 0.3) is 6.10 Å². The predicted octanol–water partition coefficient (Wildman–Crippen LogP) is 2.79. The summed E-state index contributed by atoms with van der Waals surface area (Å²) in [6.45, 7) is 0.253. The summed E-state index contributed by atoms with van der Waals surface area (Å²) in [5.74, 6) is -3.40. The van der Waals surface area contributed by atoms with Crippen LogP contribution in [0.5, 0.6) is 0 Å². The van der Waals surface area contributed by atoms with Crippen molar-refractivity contribution in [3.8, 4) is 0 Å². The van der Waals surface area contributed by atoms with Crippen molar-refractivity contribution in [3.05, 3.63) is 88.1 Å². The summed E-state index contributed by atoms with van der Waals surface area (Å²) in [4.78, 5) is 66.8. The average molecular weight is 670 g/mol. The van der Waals surface area contributed by atoms with Gasteiger partial charge in [-0.3, -0.25) is 14.5 Å². The minimum atomic E-state index is -1.69. The zero-order valence-corrected chi connectivity index (χ0v) is 25.3. The third kappa shape index (κ3) is 6.20. The highest BCUT2D eigenvalue weighted by atomic mass is 35.5. The molecule has 230 valence electrons. The molecule has 6 rings (SSSR count). The lowest BCUT2D eigenvalue weighted by atomic mass is 10.1. The van der Waals surface area contributed by atoms with Gasteiger partial charge in [-0.2, -0.15) is 10.0 Å². The van der Waals surface area contributed by atoms with Crippen molar-refractivity contribution in [1.82, 2.24) is 15.4 Å². The number of furan rings is 1. The number of aliphatic carboxylic acids is 1. The van der Waals surface area contributed by atoms with Crippen LogP contribution in [0.25, 0.3) is 10.9 Å². The molecule has 2 amide bonds. The number of thiazole rings is 1. The molecule has 0 bridgehead atoms. The standard InChI is InChI=1S/C28H21ClN6O8S2/c29-16-5-6-18-14(9-16)3-1-7-34(18)11-15-12-44-21-10-20(36)35(21)23(15)27(40)43-33-25(37)22(17-13-45-28(30)31-17)32-42-24(26(38)39)19-4-2-8-41-19/h1-9,13,21,24H,10-12H2,(H3-,30,31,33,37,38,39)/p+1/b32-22-/t21-,24?/m0/s1. The summed E-state index contributed by atoms with van der Waals surface area (Å²) >= 11 is 8.67. The number of hydrogen-bond acceptors (Lipinski definition) is 12. The number of thioether (sulfide) groups is 1. The van der Waals surface area contributed by atoms with E-state index in [4.69, 9.17) is 31.4 Å². The molecular formula is C28H22ClN6O8S2+. The topological polar surface area (TPSA) is 191 Å². The lowest BCUT2D eigenvalue weighted by Gasteiger charge is -2.43. The van der Waals surface area contributed by atoms with Gasteiger partial charge in [0.2, 0.25) is 11.4 Å². The second-order valence-electron chi connectivity index (χ2n) is 9.70. The maximum absolute atomic E-state index is 13.5. The minimum absolute atomic E-state index is 0.0187. The van der Waals surface area contributed by atoms with Crippen molar-refractivity contribution in [2.24, 2.45) is 5.16 Å². The molecule has 4 aromatic rings. The molecule has 1 saturated heterocycles. The first-order chi connectivity index (χ1) is 21.7. The number of aromatic nitrogens is 2. The molecule has 0 radical (unpaired) electrons. The summed E-state index contributed by atoms with van der Waals surface area (Å²) < 4.78 is 7.02. The molecule has 0 aliphatic carbocycles. The van der Waals surface area contributed by atoms with E-state index in [1.165, 1.54) is 40.4 Å². The summed E-state index contributed by atoms with van der Waals surface area (Å²) in [6.07, 6.45) is 1.67. The third-order valence-electron chi connectivity index (χ3n) is 6.82. The number of carbonyl (C=O) groups is 4. The van der Waals surface area contributed by atoms with E-state index in [1.807, 2.05) is 40.5 Å². The summed E-state index contributed by atoms with van der Waals surface area (Å²) in [7, 11) is 0. The van der Waals surface area contributed by atoms with Gasteiger partial charge in [0.15, 0.2) is 29.3 Å². The van der Waals surface area contributed by atoms with Crippen molar-refractivity contribution in [1.29, 1.82) is 0 Å². The number of pyridine rings is 1. The molecule has 3 aromatic heterocycles. The number of carbonyl (C=O) groups excluding carboxylic acids is 3. The van der Waals surface area contributed by atoms with Crippen molar-refractivity contribution in [2.75, 3.05) is 11.5 Å². The van der Waals surface area contributed by atoms with Crippen molar-refractivity contribution >= 4 is 80.2 Å². The van der Waals surface area contributed by atoms with Gasteiger partial charge >= 0.3 is 17.8 Å². The largest absolute Gasteiger partial charge is 0.478 e. The lowest BCUT2D eigenvalue weighted by Crippen LogP contribution is -2.55. The second-order valence-corrected chi connectivity index (χ2v) is 12.2. The molecule has 1 fully saturated rings. The Morgan fingerprint density at radius 1 is 1.29 bits per heavy atom. The van der Waals surface area contributed by atoms with E-state index in [0.717, 1.165) is 22.2 Å². The van der Waals surface area contributed by atoms with Gasteiger partial charge in [-0.1, -0.05) is 16.8 Å². The van der Waals surface area contributed by atoms with E-state index in [0.29, 0.717) is 16.3 Å². The molecule has 17 heteroatoms. The summed E-state index contributed by atoms with van der Waals surface area (Å²) in [6, 6.07) is 12.0. The molecule has 0 saturated carbocycles. The van der Waals surface area contributed by atoms with Crippen LogP contribution < -0.4 is 15.8 Å². The SMILES string of the molecule is Nc1nc(/C(=N/OC(C(=O)O)c2ccco2)C(=O)NOC(=O)C2=C(C[n+]3cccc4cc(Cl)ccc43)CS[C@H]3CC(=O)N23)cs1. The summed E-state index contributed by atoms with van der Waals surface area (Å²) in [5.41, 5.74) is 8.63. The number of carboxylic acid groups (broad SMARTS) is 1. The number of carboxylic acids is 1. The van der Waals surface area contributed by atoms with Gasteiger partial charge in [-0.25, -0.2) is 14.6 Å². The van der Waals surface area contributed by atoms with E-state index in [1.54, 1.807) is 6.07 Å². The Morgan fingerprint density at radius 2 is 2.13 bits per heavy atom. The third-order valence-corrected chi connectivity index (χ3v) is 9.00. The number of β-lactam (4-membered cyclic amide) rings is 1. The Bertz CT molecular complexity index is 1890. The number of nitrogens with two attached hydrogens (primary N) is 1. The van der Waals surface area contributed by atoms with Crippen LogP contribution in [0.2, 0.25) is 5.02 Å². The normalized spacial score (nSPS) is 17.0. The number of rotatable bonds is 9. The van der Waals surface area contributed by atoms with Crippen LogP contribution in [-0.2, 0) is 35.4 Å². The number of nitrogens with zero attached hydrogens (tertiary/aromatic N) is 4. The molecule has 5 heterocycles. The number of fused-ring (bicyclic) bond motifs is 2. The fourth-order valence-electron chi connectivity index (χ4n) is 4.74. The number of benzene rings is 1. The highest BCUT2D eigenvalue weighted by Gasteiger charge is 2.47. The number of oxime groups is 1. The Balaban J connectivity index is 1.26. The quantitative estimate of drug-likeness (QED) is 0.103. The lowest BCUT2D eigenvalue weighted by molar-refractivity contribution is -0.663. The van der Waals surface area contributed by atoms with Crippen molar-refractivity contribution in [2.45, 2.75) is 24.4 Å². The molecule has 14 nitrogen and oxygen atoms in total. The maximum atomic E-state index is 13.5. The Morgan fingerprint density at radius 3 is 2.84 bits per heavy atom. The minimum Gasteiger partial charge on any atom is -0.478 e. The maximum Gasteiger partial charge on any atom is 0.379 e.